The molecule has 0 aromatic rings. The first-order valence-corrected chi connectivity index (χ1v) is 4.11. The van der Waals surface area contributed by atoms with Crippen LogP contribution in [0.2, 0.25) is 0 Å². The number of nitrogens with one attached hydrogen (secondary N) is 1. The van der Waals surface area contributed by atoms with Crippen LogP contribution in [0, 0.1) is 30.6 Å². The highest BCUT2D eigenvalue weighted by molar-refractivity contribution is 5.26. The first-order valence-electron chi connectivity index (χ1n) is 4.11. The molecule has 64 valence electrons. The Kier molecular flexibility index (Phi) is 2.76. The van der Waals surface area contributed by atoms with Crippen molar-refractivity contribution in [3.63, 3.8) is 0 Å². The molecule has 2 N–H and O–H groups in total. The van der Waals surface area contributed by atoms with Crippen molar-refractivity contribution < 1.29 is 5.11 Å². The van der Waals surface area contributed by atoms with Gasteiger partial charge in [0.25, 0.3) is 0 Å². The van der Waals surface area contributed by atoms with E-state index in [-0.39, 0.29) is 5.92 Å². The zero-order valence-corrected chi connectivity index (χ0v) is 7.01. The van der Waals surface area contributed by atoms with Crippen LogP contribution in [-0.2, 0) is 0 Å². The summed E-state index contributed by atoms with van der Waals surface area (Å²) in [6, 6.07) is 0. The quantitative estimate of drug-likeness (QED) is 0.533. The Bertz CT molecular complexity index is 213. The van der Waals surface area contributed by atoms with Crippen molar-refractivity contribution >= 4 is 0 Å². The van der Waals surface area contributed by atoms with Gasteiger partial charge in [-0.05, 0) is 25.9 Å². The molecule has 1 saturated heterocycles. The van der Waals surface area contributed by atoms with Crippen molar-refractivity contribution in [1.29, 1.82) is 0 Å². The smallest absolute Gasteiger partial charge is 0.189 e. The van der Waals surface area contributed by atoms with Crippen molar-refractivity contribution in [1.82, 2.24) is 5.32 Å². The molecule has 2 heteroatoms. The first-order chi connectivity index (χ1) is 5.73. The van der Waals surface area contributed by atoms with Gasteiger partial charge < -0.3 is 10.4 Å². The molecule has 1 heterocycles. The predicted molar refractivity (Wildman–Crippen MR) is 48.2 cm³/mol. The summed E-state index contributed by atoms with van der Waals surface area (Å²) in [5.74, 6) is 4.63. The maximum Gasteiger partial charge on any atom is 0.189 e. The van der Waals surface area contributed by atoms with Gasteiger partial charge in [-0.1, -0.05) is 11.8 Å². The van der Waals surface area contributed by atoms with Gasteiger partial charge in [0.15, 0.2) is 5.60 Å². The van der Waals surface area contributed by atoms with Crippen LogP contribution in [-0.4, -0.2) is 23.8 Å². The summed E-state index contributed by atoms with van der Waals surface area (Å²) < 4.78 is 0. The Morgan fingerprint density at radius 2 is 1.75 bits per heavy atom. The van der Waals surface area contributed by atoms with Crippen molar-refractivity contribution in [2.75, 3.05) is 13.1 Å². The summed E-state index contributed by atoms with van der Waals surface area (Å²) in [5, 5.41) is 12.9. The average Bonchev–Trinajstić information content (AvgIpc) is 2.18. The molecular weight excluding hydrogens is 150 g/mol. The molecule has 1 rings (SSSR count). The Morgan fingerprint density at radius 3 is 2.17 bits per heavy atom. The van der Waals surface area contributed by atoms with E-state index in [9.17, 15) is 5.11 Å². The van der Waals surface area contributed by atoms with E-state index in [4.69, 9.17) is 12.8 Å². The lowest BCUT2D eigenvalue weighted by molar-refractivity contribution is 0.0760. The maximum atomic E-state index is 9.75. The SMILES string of the molecule is C#CC(O)(C#C)C1CCNCC1. The number of terminal acetylenes is 2. The van der Waals surface area contributed by atoms with Crippen LogP contribution in [0.3, 0.4) is 0 Å². The van der Waals surface area contributed by atoms with E-state index in [0.29, 0.717) is 0 Å². The second-order valence-electron chi connectivity index (χ2n) is 3.08. The topological polar surface area (TPSA) is 32.3 Å². The minimum Gasteiger partial charge on any atom is -0.367 e. The predicted octanol–water partition coefficient (Wildman–Crippen LogP) is -0.0165. The van der Waals surface area contributed by atoms with E-state index in [1.807, 2.05) is 0 Å². The fraction of sp³-hybridized carbons (Fsp3) is 0.600. The van der Waals surface area contributed by atoms with E-state index in [2.05, 4.69) is 17.2 Å². The Morgan fingerprint density at radius 1 is 1.25 bits per heavy atom. The summed E-state index contributed by atoms with van der Waals surface area (Å²) >= 11 is 0. The fourth-order valence-electron chi connectivity index (χ4n) is 1.52. The number of rotatable bonds is 1. The van der Waals surface area contributed by atoms with Gasteiger partial charge in [-0.3, -0.25) is 0 Å². The molecule has 0 amide bonds. The summed E-state index contributed by atoms with van der Waals surface area (Å²) in [5.41, 5.74) is -1.33. The third-order valence-corrected chi connectivity index (χ3v) is 2.37. The van der Waals surface area contributed by atoms with Gasteiger partial charge >= 0.3 is 0 Å². The minimum absolute atomic E-state index is 0.0498. The zero-order chi connectivity index (χ0) is 9.03. The van der Waals surface area contributed by atoms with Crippen LogP contribution >= 0.6 is 0 Å². The van der Waals surface area contributed by atoms with Crippen LogP contribution in [0.1, 0.15) is 12.8 Å². The van der Waals surface area contributed by atoms with Gasteiger partial charge in [-0.2, -0.15) is 0 Å². The Balaban J connectivity index is 2.67. The van der Waals surface area contributed by atoms with Crippen LogP contribution in [0.15, 0.2) is 0 Å². The highest BCUT2D eigenvalue weighted by atomic mass is 16.3. The van der Waals surface area contributed by atoms with Gasteiger partial charge in [0.05, 0.1) is 0 Å². The van der Waals surface area contributed by atoms with Crippen LogP contribution in [0.25, 0.3) is 0 Å². The molecule has 12 heavy (non-hydrogen) atoms. The van der Waals surface area contributed by atoms with Crippen molar-refractivity contribution in [2.24, 2.45) is 5.92 Å². The largest absolute Gasteiger partial charge is 0.367 e. The van der Waals surface area contributed by atoms with Gasteiger partial charge in [0.2, 0.25) is 0 Å². The molecule has 0 saturated carbocycles. The molecule has 0 radical (unpaired) electrons. The molecule has 0 atom stereocenters. The molecule has 0 unspecified atom stereocenters. The number of aliphatic hydroxyl groups is 1. The minimum atomic E-state index is -1.33. The van der Waals surface area contributed by atoms with E-state index < -0.39 is 5.60 Å². The average molecular weight is 163 g/mol. The molecule has 0 bridgehead atoms. The van der Waals surface area contributed by atoms with Gasteiger partial charge in [0.1, 0.15) is 0 Å². The third-order valence-electron chi connectivity index (χ3n) is 2.37. The van der Waals surface area contributed by atoms with E-state index in [1.165, 1.54) is 0 Å². The lowest BCUT2D eigenvalue weighted by Gasteiger charge is -2.30. The summed E-state index contributed by atoms with van der Waals surface area (Å²) in [7, 11) is 0. The zero-order valence-electron chi connectivity index (χ0n) is 7.01. The molecule has 0 aromatic carbocycles. The van der Waals surface area contributed by atoms with Crippen LogP contribution in [0.5, 0.6) is 0 Å². The summed E-state index contributed by atoms with van der Waals surface area (Å²) in [6.45, 7) is 1.77. The molecule has 1 aliphatic rings. The van der Waals surface area contributed by atoms with Gasteiger partial charge in [-0.25, -0.2) is 0 Å². The summed E-state index contributed by atoms with van der Waals surface area (Å²) in [4.78, 5) is 0. The monoisotopic (exact) mass is 163 g/mol. The molecule has 1 fully saturated rings. The number of hydrogen-bond acceptors (Lipinski definition) is 2. The molecule has 0 aromatic heterocycles. The van der Waals surface area contributed by atoms with Crippen LogP contribution in [0.4, 0.5) is 0 Å². The van der Waals surface area contributed by atoms with Gasteiger partial charge in [0, 0.05) is 5.92 Å². The first kappa shape index (κ1) is 9.13. The van der Waals surface area contributed by atoms with Crippen LogP contribution < -0.4 is 5.32 Å². The van der Waals surface area contributed by atoms with Crippen molar-refractivity contribution in [2.45, 2.75) is 18.4 Å². The normalized spacial score (nSPS) is 19.6. The van der Waals surface area contributed by atoms with E-state index in [1.54, 1.807) is 0 Å². The third kappa shape index (κ3) is 1.61. The second kappa shape index (κ2) is 3.63. The molecule has 0 spiro atoms. The van der Waals surface area contributed by atoms with E-state index in [0.717, 1.165) is 25.9 Å². The molecule has 1 aliphatic heterocycles. The highest BCUT2D eigenvalue weighted by Crippen LogP contribution is 2.24. The number of hydrogen-bond donors (Lipinski definition) is 2. The van der Waals surface area contributed by atoms with Crippen molar-refractivity contribution in [3.05, 3.63) is 0 Å². The highest BCUT2D eigenvalue weighted by Gasteiger charge is 2.33. The lowest BCUT2D eigenvalue weighted by Crippen LogP contribution is -2.41. The summed E-state index contributed by atoms with van der Waals surface area (Å²) in [6.07, 6.45) is 12.1. The van der Waals surface area contributed by atoms with Gasteiger partial charge in [-0.15, -0.1) is 12.8 Å². The molecule has 2 nitrogen and oxygen atoms in total. The lowest BCUT2D eigenvalue weighted by atomic mass is 9.82. The second-order valence-corrected chi connectivity index (χ2v) is 3.08. The standard InChI is InChI=1S/C10H13NO/c1-3-10(12,4-2)9-5-7-11-8-6-9/h1-2,9,11-12H,5-8H2. The maximum absolute atomic E-state index is 9.75. The Hall–Kier alpha value is -0.960. The number of piperidine rings is 1. The van der Waals surface area contributed by atoms with Crippen molar-refractivity contribution in [3.8, 4) is 24.7 Å². The Labute approximate surface area is 73.4 Å². The fourth-order valence-corrected chi connectivity index (χ4v) is 1.52. The molecule has 0 aliphatic carbocycles. The van der Waals surface area contributed by atoms with E-state index >= 15 is 0 Å². The molecular formula is C10H13NO.